The summed E-state index contributed by atoms with van der Waals surface area (Å²) in [6, 6.07) is 18.8. The van der Waals surface area contributed by atoms with Gasteiger partial charge in [-0.25, -0.2) is 9.38 Å². The zero-order chi connectivity index (χ0) is 23.8. The molecule has 2 aliphatic rings. The van der Waals surface area contributed by atoms with E-state index < -0.39 is 0 Å². The summed E-state index contributed by atoms with van der Waals surface area (Å²) < 4.78 is 18.8. The van der Waals surface area contributed by atoms with Crippen molar-refractivity contribution in [1.82, 2.24) is 0 Å². The Bertz CT molecular complexity index is 1330. The third-order valence-electron chi connectivity index (χ3n) is 5.34. The lowest BCUT2D eigenvalue weighted by molar-refractivity contribution is -0.113. The maximum Gasteiger partial charge on any atom is 0.274 e. The van der Waals surface area contributed by atoms with Crippen LogP contribution in [0.3, 0.4) is 0 Å². The fourth-order valence-corrected chi connectivity index (χ4v) is 6.24. The number of anilines is 2. The first kappa shape index (κ1) is 22.8. The third-order valence-corrected chi connectivity index (χ3v) is 7.91. The molecule has 9 heteroatoms. The molecule has 0 atom stereocenters. The van der Waals surface area contributed by atoms with Gasteiger partial charge in [-0.1, -0.05) is 23.4 Å². The van der Waals surface area contributed by atoms with Crippen LogP contribution in [0.1, 0.15) is 6.92 Å². The van der Waals surface area contributed by atoms with Gasteiger partial charge in [0.1, 0.15) is 21.5 Å². The van der Waals surface area contributed by atoms with E-state index >= 15 is 0 Å². The number of hydrogen-bond acceptors (Lipinski definition) is 6. The summed E-state index contributed by atoms with van der Waals surface area (Å²) in [6.07, 6.45) is 0. The number of amidine groups is 1. The van der Waals surface area contributed by atoms with Crippen molar-refractivity contribution in [2.45, 2.75) is 11.8 Å². The second-order valence-electron chi connectivity index (χ2n) is 7.40. The van der Waals surface area contributed by atoms with Crippen molar-refractivity contribution >= 4 is 63.3 Å². The highest BCUT2D eigenvalue weighted by Gasteiger charge is 2.40. The van der Waals surface area contributed by atoms with Crippen molar-refractivity contribution in [2.75, 3.05) is 23.5 Å². The van der Waals surface area contributed by atoms with Crippen LogP contribution in [0.4, 0.5) is 21.5 Å². The Hall–Kier alpha value is -2.94. The molecule has 0 aliphatic carbocycles. The lowest BCUT2D eigenvalue weighted by atomic mass is 10.2. The number of ether oxygens (including phenoxy) is 1. The number of methoxy groups -OCH3 is 1. The maximum absolute atomic E-state index is 13.7. The summed E-state index contributed by atoms with van der Waals surface area (Å²) in [5.74, 6) is 0.143. The lowest BCUT2D eigenvalue weighted by Crippen LogP contribution is -2.29. The molecule has 5 nitrogen and oxygen atoms in total. The largest absolute Gasteiger partial charge is 0.497 e. The van der Waals surface area contributed by atoms with E-state index in [1.165, 1.54) is 40.6 Å². The Labute approximate surface area is 210 Å². The number of benzene rings is 3. The summed E-state index contributed by atoms with van der Waals surface area (Å²) in [5.41, 5.74) is 2.20. The van der Waals surface area contributed by atoms with E-state index in [0.29, 0.717) is 33.0 Å². The second kappa shape index (κ2) is 9.37. The van der Waals surface area contributed by atoms with E-state index in [1.807, 2.05) is 49.4 Å². The predicted molar refractivity (Wildman–Crippen MR) is 139 cm³/mol. The van der Waals surface area contributed by atoms with Gasteiger partial charge in [0.25, 0.3) is 5.91 Å². The second-order valence-corrected chi connectivity index (χ2v) is 9.85. The molecule has 3 aromatic rings. The number of aliphatic imine (C=N–C) groups is 1. The minimum atomic E-state index is -0.369. The van der Waals surface area contributed by atoms with Gasteiger partial charge in [-0.15, -0.1) is 0 Å². The average molecular weight is 512 g/mol. The smallest absolute Gasteiger partial charge is 0.274 e. The zero-order valence-corrected chi connectivity index (χ0v) is 20.7. The number of hydrogen-bond donors (Lipinski definition) is 0. The number of halogens is 2. The number of amides is 1. The van der Waals surface area contributed by atoms with Crippen molar-refractivity contribution in [3.63, 3.8) is 0 Å². The molecule has 34 heavy (non-hydrogen) atoms. The van der Waals surface area contributed by atoms with Crippen LogP contribution in [0, 0.1) is 5.82 Å². The topological polar surface area (TPSA) is 45.1 Å². The van der Waals surface area contributed by atoms with Crippen LogP contribution in [0.25, 0.3) is 0 Å². The molecule has 5 rings (SSSR count). The Morgan fingerprint density at radius 2 is 1.76 bits per heavy atom. The van der Waals surface area contributed by atoms with E-state index in [4.69, 9.17) is 21.3 Å². The number of carbonyl (C=O) groups excluding carboxylic acids is 1. The maximum atomic E-state index is 13.7. The molecule has 0 saturated carbocycles. The average Bonchev–Trinajstić information content (AvgIpc) is 3.36. The van der Waals surface area contributed by atoms with Crippen LogP contribution in [0.15, 0.2) is 86.6 Å². The van der Waals surface area contributed by atoms with E-state index in [0.717, 1.165) is 21.4 Å². The van der Waals surface area contributed by atoms with Crippen LogP contribution in [0.2, 0.25) is 5.02 Å². The van der Waals surface area contributed by atoms with Gasteiger partial charge < -0.3 is 9.64 Å². The zero-order valence-electron chi connectivity index (χ0n) is 18.3. The third kappa shape index (κ3) is 4.17. The molecule has 3 aromatic carbocycles. The molecule has 0 radical (unpaired) electrons. The molecule has 2 aliphatic heterocycles. The molecule has 1 saturated heterocycles. The monoisotopic (exact) mass is 511 g/mol. The van der Waals surface area contributed by atoms with Gasteiger partial charge in [0.15, 0.2) is 5.17 Å². The van der Waals surface area contributed by atoms with Crippen molar-refractivity contribution in [1.29, 1.82) is 0 Å². The normalized spacial score (nSPS) is 18.7. The van der Waals surface area contributed by atoms with E-state index in [2.05, 4.69) is 4.90 Å². The van der Waals surface area contributed by atoms with Gasteiger partial charge in [-0.3, -0.25) is 9.69 Å². The molecule has 1 fully saturated rings. The number of rotatable bonds is 4. The molecule has 1 amide bonds. The molecule has 0 bridgehead atoms. The first-order valence-corrected chi connectivity index (χ1v) is 12.5. The standard InChI is InChI=1S/C25H19ClFN3O2S2/c1-3-29-20-14-15(26)4-13-21(20)33-24(29)22-23(31)30(18-9-5-16(27)6-10-18)25(34-22)28-17-7-11-19(32-2)12-8-17/h4-14H,3H2,1-2H3. The fourth-order valence-electron chi connectivity index (χ4n) is 3.70. The predicted octanol–water partition coefficient (Wildman–Crippen LogP) is 7.06. The van der Waals surface area contributed by atoms with Gasteiger partial charge in [-0.2, -0.15) is 0 Å². The summed E-state index contributed by atoms with van der Waals surface area (Å²) in [5, 5.41) is 1.97. The minimum Gasteiger partial charge on any atom is -0.497 e. The number of carbonyl (C=O) groups is 1. The molecule has 172 valence electrons. The highest BCUT2D eigenvalue weighted by molar-refractivity contribution is 8.20. The molecular formula is C25H19ClFN3O2S2. The Balaban J connectivity index is 1.61. The molecule has 0 N–H and O–H groups in total. The fraction of sp³-hybridized carbons (Fsp3) is 0.120. The lowest BCUT2D eigenvalue weighted by Gasteiger charge is -2.19. The first-order chi connectivity index (χ1) is 16.5. The van der Waals surface area contributed by atoms with E-state index in [1.54, 1.807) is 19.2 Å². The van der Waals surface area contributed by atoms with Crippen molar-refractivity contribution in [2.24, 2.45) is 4.99 Å². The van der Waals surface area contributed by atoms with E-state index in [-0.39, 0.29) is 11.7 Å². The van der Waals surface area contributed by atoms with Crippen molar-refractivity contribution in [3.05, 3.63) is 87.5 Å². The Morgan fingerprint density at radius 3 is 2.44 bits per heavy atom. The van der Waals surface area contributed by atoms with E-state index in [9.17, 15) is 9.18 Å². The summed E-state index contributed by atoms with van der Waals surface area (Å²) in [4.78, 5) is 23.7. The highest BCUT2D eigenvalue weighted by Crippen LogP contribution is 2.51. The highest BCUT2D eigenvalue weighted by atomic mass is 35.5. The summed E-state index contributed by atoms with van der Waals surface area (Å²) in [6.45, 7) is 2.71. The summed E-state index contributed by atoms with van der Waals surface area (Å²) >= 11 is 9.09. The van der Waals surface area contributed by atoms with Crippen LogP contribution in [-0.4, -0.2) is 24.7 Å². The number of nitrogens with zero attached hydrogens (tertiary/aromatic N) is 3. The van der Waals surface area contributed by atoms with Gasteiger partial charge in [0.05, 0.1) is 24.2 Å². The molecule has 0 spiro atoms. The van der Waals surface area contributed by atoms with Gasteiger partial charge in [-0.05, 0) is 85.4 Å². The van der Waals surface area contributed by atoms with Gasteiger partial charge >= 0.3 is 0 Å². The SMILES string of the molecule is CCN1C(=C2SC(=Nc3ccc(OC)cc3)N(c3ccc(F)cc3)C2=O)Sc2ccc(Cl)cc21. The minimum absolute atomic E-state index is 0.205. The number of fused-ring (bicyclic) bond motifs is 1. The van der Waals surface area contributed by atoms with Crippen LogP contribution in [-0.2, 0) is 4.79 Å². The first-order valence-electron chi connectivity index (χ1n) is 10.5. The Morgan fingerprint density at radius 1 is 1.03 bits per heavy atom. The Kier molecular flexibility index (Phi) is 6.29. The van der Waals surface area contributed by atoms with Crippen LogP contribution < -0.4 is 14.5 Å². The van der Waals surface area contributed by atoms with Gasteiger partial charge in [0.2, 0.25) is 0 Å². The summed E-state index contributed by atoms with van der Waals surface area (Å²) in [7, 11) is 1.60. The molecular weight excluding hydrogens is 493 g/mol. The van der Waals surface area contributed by atoms with Crippen molar-refractivity contribution < 1.29 is 13.9 Å². The van der Waals surface area contributed by atoms with Gasteiger partial charge in [0, 0.05) is 16.5 Å². The molecule has 0 aromatic heterocycles. The quantitative estimate of drug-likeness (QED) is 0.351. The molecule has 0 unspecified atom stereocenters. The van der Waals surface area contributed by atoms with Crippen LogP contribution >= 0.6 is 35.1 Å². The molecule has 2 heterocycles. The van der Waals surface area contributed by atoms with Crippen molar-refractivity contribution in [3.8, 4) is 5.75 Å². The van der Waals surface area contributed by atoms with Crippen LogP contribution in [0.5, 0.6) is 5.75 Å². The number of thioether (sulfide) groups is 2.